The molecule has 1 rings (SSSR count). The van der Waals surface area contributed by atoms with E-state index in [4.69, 9.17) is 0 Å². The van der Waals surface area contributed by atoms with Gasteiger partial charge in [0.1, 0.15) is 12.4 Å². The number of hydrogen-bond acceptors (Lipinski definition) is 6. The molecule has 0 aliphatic carbocycles. The van der Waals surface area contributed by atoms with Crippen LogP contribution in [-0.4, -0.2) is 63.0 Å². The summed E-state index contributed by atoms with van der Waals surface area (Å²) >= 11 is 1.75. The highest BCUT2D eigenvalue weighted by atomic mass is 32.2. The highest BCUT2D eigenvalue weighted by molar-refractivity contribution is 7.98. The van der Waals surface area contributed by atoms with E-state index in [1.54, 1.807) is 11.8 Å². The molecule has 0 saturated heterocycles. The molecule has 0 spiro atoms. The second-order valence-electron chi connectivity index (χ2n) is 4.09. The number of likely N-dealkylation sites (N-methyl/N-ethyl adjacent to an activating group) is 1. The van der Waals surface area contributed by atoms with Crippen LogP contribution < -0.4 is 0 Å². The fraction of sp³-hybridized carbons (Fsp3) is 0.700. The Morgan fingerprint density at radius 3 is 3.00 bits per heavy atom. The molecule has 1 N–H and O–H groups in total. The van der Waals surface area contributed by atoms with Crippen LogP contribution in [0.1, 0.15) is 0 Å². The predicted octanol–water partition coefficient (Wildman–Crippen LogP) is 0.447. The molecule has 1 unspecified atom stereocenters. The number of thioether (sulfide) groups is 1. The van der Waals surface area contributed by atoms with Crippen LogP contribution in [0.3, 0.4) is 0 Å². The molecule has 8 heteroatoms. The second kappa shape index (κ2) is 7.34. The Balaban J connectivity index is 2.38. The first-order valence-electron chi connectivity index (χ1n) is 5.55. The number of hydrogen-bond donors (Lipinski definition) is 1. The van der Waals surface area contributed by atoms with Crippen molar-refractivity contribution in [2.45, 2.75) is 12.6 Å². The van der Waals surface area contributed by atoms with Gasteiger partial charge in [-0.15, -0.1) is 0 Å². The highest BCUT2D eigenvalue weighted by Crippen LogP contribution is 2.08. The molecule has 1 atom stereocenters. The van der Waals surface area contributed by atoms with Crippen LogP contribution in [0.5, 0.6) is 0 Å². The van der Waals surface area contributed by atoms with Gasteiger partial charge >= 0.3 is 5.69 Å². The number of nitro groups is 1. The van der Waals surface area contributed by atoms with E-state index in [1.165, 1.54) is 17.1 Å². The van der Waals surface area contributed by atoms with E-state index in [0.717, 1.165) is 12.3 Å². The van der Waals surface area contributed by atoms with Crippen LogP contribution in [0.25, 0.3) is 0 Å². The number of aromatic nitrogens is 2. The Hall–Kier alpha value is -1.12. The lowest BCUT2D eigenvalue weighted by molar-refractivity contribution is -0.385. The summed E-state index contributed by atoms with van der Waals surface area (Å²) in [5, 5.41) is 24.2. The van der Waals surface area contributed by atoms with E-state index in [0.29, 0.717) is 6.54 Å². The fourth-order valence-corrected chi connectivity index (χ4v) is 2.01. The Morgan fingerprint density at radius 1 is 1.72 bits per heavy atom. The van der Waals surface area contributed by atoms with Crippen molar-refractivity contribution in [3.8, 4) is 0 Å². The van der Waals surface area contributed by atoms with Crippen LogP contribution in [-0.2, 0) is 6.54 Å². The zero-order chi connectivity index (χ0) is 13.5. The summed E-state index contributed by atoms with van der Waals surface area (Å²) < 4.78 is 1.39. The average Bonchev–Trinajstić information content (AvgIpc) is 2.74. The third-order valence-corrected chi connectivity index (χ3v) is 3.02. The summed E-state index contributed by atoms with van der Waals surface area (Å²) in [4.78, 5) is 12.0. The first-order chi connectivity index (χ1) is 8.52. The van der Waals surface area contributed by atoms with Crippen molar-refractivity contribution in [1.82, 2.24) is 14.7 Å². The highest BCUT2D eigenvalue weighted by Gasteiger charge is 2.13. The molecule has 102 valence electrons. The Morgan fingerprint density at radius 2 is 2.44 bits per heavy atom. The Labute approximate surface area is 110 Å². The lowest BCUT2D eigenvalue weighted by atomic mass is 10.3. The van der Waals surface area contributed by atoms with Gasteiger partial charge in [-0.05, 0) is 13.3 Å². The van der Waals surface area contributed by atoms with E-state index in [2.05, 4.69) is 5.10 Å². The zero-order valence-electron chi connectivity index (χ0n) is 10.5. The van der Waals surface area contributed by atoms with Gasteiger partial charge in [0.15, 0.2) is 0 Å². The summed E-state index contributed by atoms with van der Waals surface area (Å²) in [6.07, 6.45) is 3.96. The number of aliphatic hydroxyl groups excluding tert-OH is 1. The second-order valence-corrected chi connectivity index (χ2v) is 5.07. The minimum Gasteiger partial charge on any atom is -0.390 e. The molecule has 0 radical (unpaired) electrons. The molecule has 0 amide bonds. The van der Waals surface area contributed by atoms with Crippen molar-refractivity contribution >= 4 is 17.4 Å². The van der Waals surface area contributed by atoms with Gasteiger partial charge < -0.3 is 10.0 Å². The Kier molecular flexibility index (Phi) is 6.10. The van der Waals surface area contributed by atoms with Gasteiger partial charge in [-0.1, -0.05) is 0 Å². The van der Waals surface area contributed by atoms with Crippen molar-refractivity contribution in [2.24, 2.45) is 0 Å². The lowest BCUT2D eigenvalue weighted by Gasteiger charge is -2.19. The summed E-state index contributed by atoms with van der Waals surface area (Å²) in [5.74, 6) is 1.01. The minimum absolute atomic E-state index is 0.0575. The molecular weight excluding hydrogens is 256 g/mol. The normalized spacial score (nSPS) is 12.9. The molecule has 1 aromatic heterocycles. The third-order valence-electron chi connectivity index (χ3n) is 2.43. The molecule has 18 heavy (non-hydrogen) atoms. The quantitative estimate of drug-likeness (QED) is 0.547. The maximum absolute atomic E-state index is 10.5. The predicted molar refractivity (Wildman–Crippen MR) is 70.8 cm³/mol. The van der Waals surface area contributed by atoms with Crippen molar-refractivity contribution in [3.63, 3.8) is 0 Å². The number of nitrogens with zero attached hydrogens (tertiary/aromatic N) is 4. The zero-order valence-corrected chi connectivity index (χ0v) is 11.3. The SMILES string of the molecule is CSCCN(C)CC(O)Cn1cc([N+](=O)[O-])cn1. The van der Waals surface area contributed by atoms with Gasteiger partial charge in [-0.2, -0.15) is 16.9 Å². The van der Waals surface area contributed by atoms with Gasteiger partial charge in [-0.25, -0.2) is 0 Å². The van der Waals surface area contributed by atoms with Crippen molar-refractivity contribution in [3.05, 3.63) is 22.5 Å². The monoisotopic (exact) mass is 274 g/mol. The van der Waals surface area contributed by atoms with Crippen molar-refractivity contribution in [2.75, 3.05) is 32.1 Å². The summed E-state index contributed by atoms with van der Waals surface area (Å²) in [7, 11) is 1.94. The van der Waals surface area contributed by atoms with Gasteiger partial charge in [0.05, 0.1) is 17.6 Å². The van der Waals surface area contributed by atoms with E-state index in [9.17, 15) is 15.2 Å². The first kappa shape index (κ1) is 14.9. The third kappa shape index (κ3) is 5.03. The van der Waals surface area contributed by atoms with Crippen LogP contribution in [0, 0.1) is 10.1 Å². The van der Waals surface area contributed by atoms with Crippen LogP contribution in [0.2, 0.25) is 0 Å². The topological polar surface area (TPSA) is 84.4 Å². The Bertz CT molecular complexity index is 385. The maximum Gasteiger partial charge on any atom is 0.306 e. The fourth-order valence-electron chi connectivity index (χ4n) is 1.52. The molecule has 1 heterocycles. The molecule has 0 aromatic carbocycles. The molecule has 0 bridgehead atoms. The standard InChI is InChI=1S/C10H18N4O3S/c1-12(3-4-18-2)7-10(15)8-13-6-9(5-11-13)14(16)17/h5-6,10,15H,3-4,7-8H2,1-2H3. The summed E-state index contributed by atoms with van der Waals surface area (Å²) in [5.41, 5.74) is -0.0575. The average molecular weight is 274 g/mol. The minimum atomic E-state index is -0.587. The molecule has 7 nitrogen and oxygen atoms in total. The largest absolute Gasteiger partial charge is 0.390 e. The first-order valence-corrected chi connectivity index (χ1v) is 6.94. The molecular formula is C10H18N4O3S. The van der Waals surface area contributed by atoms with Crippen LogP contribution in [0.4, 0.5) is 5.69 Å². The van der Waals surface area contributed by atoms with Gasteiger partial charge in [0, 0.05) is 18.8 Å². The van der Waals surface area contributed by atoms with E-state index < -0.39 is 11.0 Å². The summed E-state index contributed by atoms with van der Waals surface area (Å²) in [6, 6.07) is 0. The number of rotatable bonds is 8. The van der Waals surface area contributed by atoms with Crippen LogP contribution >= 0.6 is 11.8 Å². The van der Waals surface area contributed by atoms with Crippen molar-refractivity contribution < 1.29 is 10.0 Å². The smallest absolute Gasteiger partial charge is 0.306 e. The maximum atomic E-state index is 10.5. The number of aliphatic hydroxyl groups is 1. The molecule has 0 aliphatic rings. The van der Waals surface area contributed by atoms with Gasteiger partial charge in [0.25, 0.3) is 0 Å². The van der Waals surface area contributed by atoms with Gasteiger partial charge in [-0.3, -0.25) is 14.8 Å². The van der Waals surface area contributed by atoms with E-state index in [1.807, 2.05) is 18.2 Å². The van der Waals surface area contributed by atoms with E-state index in [-0.39, 0.29) is 12.2 Å². The summed E-state index contributed by atoms with van der Waals surface area (Å²) in [6.45, 7) is 1.68. The molecule has 0 saturated carbocycles. The molecule has 0 fully saturated rings. The van der Waals surface area contributed by atoms with E-state index >= 15 is 0 Å². The lowest BCUT2D eigenvalue weighted by Crippen LogP contribution is -2.33. The van der Waals surface area contributed by atoms with Crippen molar-refractivity contribution in [1.29, 1.82) is 0 Å². The van der Waals surface area contributed by atoms with Gasteiger partial charge in [0.2, 0.25) is 0 Å². The molecule has 1 aromatic rings. The van der Waals surface area contributed by atoms with Crippen LogP contribution in [0.15, 0.2) is 12.4 Å². The molecule has 0 aliphatic heterocycles.